The van der Waals surface area contributed by atoms with Gasteiger partial charge in [-0.2, -0.15) is 0 Å². The zero-order valence-electron chi connectivity index (χ0n) is 9.65. The first-order valence-corrected chi connectivity index (χ1v) is 6.06. The molecule has 0 radical (unpaired) electrons. The number of rotatable bonds is 3. The van der Waals surface area contributed by atoms with E-state index in [0.717, 1.165) is 16.0 Å². The Hall–Kier alpha value is -1.81. The lowest BCUT2D eigenvalue weighted by Crippen LogP contribution is -2.00. The third-order valence-electron chi connectivity index (χ3n) is 2.62. The van der Waals surface area contributed by atoms with Crippen molar-refractivity contribution in [2.75, 3.05) is 12.4 Å². The van der Waals surface area contributed by atoms with Crippen LogP contribution in [0.15, 0.2) is 30.3 Å². The van der Waals surface area contributed by atoms with Gasteiger partial charge in [-0.05, 0) is 18.1 Å². The Labute approximate surface area is 104 Å². The van der Waals surface area contributed by atoms with Crippen LogP contribution in [0, 0.1) is 6.92 Å². The van der Waals surface area contributed by atoms with Crippen LogP contribution in [-0.4, -0.2) is 18.1 Å². The SMILES string of the molecule is CNc1sc(-c2ccccc2)c(C)c1C(=O)O. The number of carboxylic acids is 1. The Balaban J connectivity index is 2.61. The molecule has 0 saturated carbocycles. The van der Waals surface area contributed by atoms with Crippen molar-refractivity contribution in [3.63, 3.8) is 0 Å². The molecule has 0 aliphatic rings. The first-order chi connectivity index (χ1) is 8.15. The van der Waals surface area contributed by atoms with Gasteiger partial charge in [0.25, 0.3) is 0 Å². The normalized spacial score (nSPS) is 10.2. The summed E-state index contributed by atoms with van der Waals surface area (Å²) in [6, 6.07) is 9.83. The molecule has 4 heteroatoms. The van der Waals surface area contributed by atoms with Crippen LogP contribution in [0.5, 0.6) is 0 Å². The molecule has 3 nitrogen and oxygen atoms in total. The van der Waals surface area contributed by atoms with E-state index in [-0.39, 0.29) is 0 Å². The molecule has 0 atom stereocenters. The number of benzene rings is 1. The lowest BCUT2D eigenvalue weighted by atomic mass is 10.1. The smallest absolute Gasteiger partial charge is 0.338 e. The third kappa shape index (κ3) is 2.03. The van der Waals surface area contributed by atoms with E-state index >= 15 is 0 Å². The van der Waals surface area contributed by atoms with E-state index in [1.165, 1.54) is 11.3 Å². The van der Waals surface area contributed by atoms with Crippen LogP contribution in [0.2, 0.25) is 0 Å². The highest BCUT2D eigenvalue weighted by Gasteiger charge is 2.20. The van der Waals surface area contributed by atoms with Crippen molar-refractivity contribution in [1.29, 1.82) is 0 Å². The highest BCUT2D eigenvalue weighted by molar-refractivity contribution is 7.20. The number of hydrogen-bond donors (Lipinski definition) is 2. The highest BCUT2D eigenvalue weighted by atomic mass is 32.1. The molecule has 0 amide bonds. The third-order valence-corrected chi connectivity index (χ3v) is 3.98. The highest BCUT2D eigenvalue weighted by Crippen LogP contribution is 2.39. The predicted octanol–water partition coefficient (Wildman–Crippen LogP) is 3.46. The molecule has 1 aromatic heterocycles. The zero-order valence-corrected chi connectivity index (χ0v) is 10.5. The molecular formula is C13H13NO2S. The minimum absolute atomic E-state index is 0.372. The molecule has 1 aromatic carbocycles. The lowest BCUT2D eigenvalue weighted by molar-refractivity contribution is 0.0698. The Morgan fingerprint density at radius 2 is 1.94 bits per heavy atom. The molecule has 2 rings (SSSR count). The number of aromatic carboxylic acids is 1. The standard InChI is InChI=1S/C13H13NO2S/c1-8-10(13(15)16)12(14-2)17-11(8)9-6-4-3-5-7-9/h3-7,14H,1-2H3,(H,15,16). The Morgan fingerprint density at radius 3 is 2.41 bits per heavy atom. The summed E-state index contributed by atoms with van der Waals surface area (Å²) in [5.74, 6) is -0.884. The van der Waals surface area contributed by atoms with Gasteiger partial charge in [-0.25, -0.2) is 4.79 Å². The van der Waals surface area contributed by atoms with E-state index in [4.69, 9.17) is 0 Å². The summed E-state index contributed by atoms with van der Waals surface area (Å²) in [5, 5.41) is 12.9. The van der Waals surface area contributed by atoms with Gasteiger partial charge in [0.2, 0.25) is 0 Å². The Morgan fingerprint density at radius 1 is 1.29 bits per heavy atom. The average Bonchev–Trinajstić information content (AvgIpc) is 2.67. The van der Waals surface area contributed by atoms with Crippen LogP contribution < -0.4 is 5.32 Å². The molecule has 0 saturated heterocycles. The molecule has 88 valence electrons. The van der Waals surface area contributed by atoms with Gasteiger partial charge >= 0.3 is 5.97 Å². The van der Waals surface area contributed by atoms with Crippen LogP contribution in [0.25, 0.3) is 10.4 Å². The molecule has 0 fully saturated rings. The molecular weight excluding hydrogens is 234 g/mol. The number of carboxylic acid groups (broad SMARTS) is 1. The van der Waals surface area contributed by atoms with Gasteiger partial charge in [0.15, 0.2) is 0 Å². The van der Waals surface area contributed by atoms with Gasteiger partial charge in [-0.15, -0.1) is 11.3 Å². The molecule has 0 aliphatic heterocycles. The minimum atomic E-state index is -0.884. The number of nitrogens with one attached hydrogen (secondary N) is 1. The minimum Gasteiger partial charge on any atom is -0.478 e. The Bertz CT molecular complexity index is 546. The van der Waals surface area contributed by atoms with Gasteiger partial charge in [0, 0.05) is 11.9 Å². The summed E-state index contributed by atoms with van der Waals surface area (Å²) in [6.07, 6.45) is 0. The van der Waals surface area contributed by atoms with E-state index < -0.39 is 5.97 Å². The summed E-state index contributed by atoms with van der Waals surface area (Å²) in [4.78, 5) is 12.2. The molecule has 0 spiro atoms. The largest absolute Gasteiger partial charge is 0.478 e. The summed E-state index contributed by atoms with van der Waals surface area (Å²) in [5.41, 5.74) is 2.24. The second-order valence-electron chi connectivity index (χ2n) is 3.68. The molecule has 17 heavy (non-hydrogen) atoms. The first kappa shape index (κ1) is 11.7. The van der Waals surface area contributed by atoms with Crippen molar-refractivity contribution in [2.45, 2.75) is 6.92 Å². The number of anilines is 1. The van der Waals surface area contributed by atoms with Crippen molar-refractivity contribution in [3.8, 4) is 10.4 Å². The maximum atomic E-state index is 11.2. The fourth-order valence-electron chi connectivity index (χ4n) is 1.81. The fourth-order valence-corrected chi connectivity index (χ4v) is 2.97. The average molecular weight is 247 g/mol. The quantitative estimate of drug-likeness (QED) is 0.873. The number of carbonyl (C=O) groups is 1. The maximum absolute atomic E-state index is 11.2. The summed E-state index contributed by atoms with van der Waals surface area (Å²) in [7, 11) is 1.74. The van der Waals surface area contributed by atoms with Crippen molar-refractivity contribution in [2.24, 2.45) is 0 Å². The van der Waals surface area contributed by atoms with Gasteiger partial charge in [-0.1, -0.05) is 30.3 Å². The van der Waals surface area contributed by atoms with Crippen molar-refractivity contribution >= 4 is 22.3 Å². The van der Waals surface area contributed by atoms with E-state index in [1.807, 2.05) is 37.3 Å². The monoisotopic (exact) mass is 247 g/mol. The van der Waals surface area contributed by atoms with E-state index in [0.29, 0.717) is 10.6 Å². The zero-order chi connectivity index (χ0) is 12.4. The second kappa shape index (κ2) is 4.59. The maximum Gasteiger partial charge on any atom is 0.338 e. The van der Waals surface area contributed by atoms with E-state index in [2.05, 4.69) is 5.32 Å². The topological polar surface area (TPSA) is 49.3 Å². The molecule has 2 aromatic rings. The van der Waals surface area contributed by atoms with Crippen LogP contribution in [-0.2, 0) is 0 Å². The number of hydrogen-bond acceptors (Lipinski definition) is 3. The Kier molecular flexibility index (Phi) is 3.15. The van der Waals surface area contributed by atoms with Gasteiger partial charge in [0.1, 0.15) is 5.00 Å². The van der Waals surface area contributed by atoms with Crippen molar-refractivity contribution in [3.05, 3.63) is 41.5 Å². The lowest BCUT2D eigenvalue weighted by Gasteiger charge is -1.99. The second-order valence-corrected chi connectivity index (χ2v) is 4.70. The molecule has 0 bridgehead atoms. The van der Waals surface area contributed by atoms with Crippen LogP contribution >= 0.6 is 11.3 Å². The van der Waals surface area contributed by atoms with E-state index in [9.17, 15) is 9.90 Å². The van der Waals surface area contributed by atoms with E-state index in [1.54, 1.807) is 7.05 Å². The van der Waals surface area contributed by atoms with Crippen molar-refractivity contribution in [1.82, 2.24) is 0 Å². The summed E-state index contributed by atoms with van der Waals surface area (Å²) < 4.78 is 0. The molecule has 2 N–H and O–H groups in total. The van der Waals surface area contributed by atoms with Crippen LogP contribution in [0.4, 0.5) is 5.00 Å². The van der Waals surface area contributed by atoms with Gasteiger partial charge in [0.05, 0.1) is 5.56 Å². The van der Waals surface area contributed by atoms with Crippen molar-refractivity contribution < 1.29 is 9.90 Å². The first-order valence-electron chi connectivity index (χ1n) is 5.25. The van der Waals surface area contributed by atoms with Crippen LogP contribution in [0.1, 0.15) is 15.9 Å². The number of thiophene rings is 1. The summed E-state index contributed by atoms with van der Waals surface area (Å²) >= 11 is 1.48. The molecule has 1 heterocycles. The van der Waals surface area contributed by atoms with Crippen LogP contribution in [0.3, 0.4) is 0 Å². The van der Waals surface area contributed by atoms with Gasteiger partial charge < -0.3 is 10.4 Å². The van der Waals surface area contributed by atoms with Gasteiger partial charge in [-0.3, -0.25) is 0 Å². The molecule has 0 aliphatic carbocycles. The summed E-state index contributed by atoms with van der Waals surface area (Å²) in [6.45, 7) is 1.85. The fraction of sp³-hybridized carbons (Fsp3) is 0.154. The predicted molar refractivity (Wildman–Crippen MR) is 71.0 cm³/mol. The molecule has 0 unspecified atom stereocenters.